The second-order valence-corrected chi connectivity index (χ2v) is 10.1. The summed E-state index contributed by atoms with van der Waals surface area (Å²) in [7, 11) is -0.598. The minimum Gasteiger partial charge on any atom is -0.444 e. The minimum atomic E-state index is -0.598. The molecule has 6 nitrogen and oxygen atoms in total. The van der Waals surface area contributed by atoms with Gasteiger partial charge in [-0.25, -0.2) is 9.78 Å². The maximum absolute atomic E-state index is 12.2. The number of alkyl carbamates (subject to hydrolysis) is 1. The van der Waals surface area contributed by atoms with Gasteiger partial charge in [0.2, 0.25) is 0 Å². The predicted molar refractivity (Wildman–Crippen MR) is 125 cm³/mol. The first-order chi connectivity index (χ1) is 14.3. The molecule has 0 radical (unpaired) electrons. The number of hydrogen-bond acceptors (Lipinski definition) is 5. The van der Waals surface area contributed by atoms with Gasteiger partial charge in [-0.3, -0.25) is 0 Å². The topological polar surface area (TPSA) is 69.7 Å². The lowest BCUT2D eigenvalue weighted by Crippen LogP contribution is -2.41. The van der Waals surface area contributed by atoms with Crippen molar-refractivity contribution < 1.29 is 18.8 Å². The van der Waals surface area contributed by atoms with E-state index < -0.39 is 30.0 Å². The summed E-state index contributed by atoms with van der Waals surface area (Å²) >= 11 is 5.99. The van der Waals surface area contributed by atoms with Crippen LogP contribution in [0.4, 0.5) is 4.79 Å². The van der Waals surface area contributed by atoms with Crippen LogP contribution in [-0.4, -0.2) is 41.5 Å². The summed E-state index contributed by atoms with van der Waals surface area (Å²) in [5.74, 6) is 0. The Bertz CT molecular complexity index is 998. The van der Waals surface area contributed by atoms with Crippen LogP contribution in [0.15, 0.2) is 35.8 Å². The highest BCUT2D eigenvalue weighted by Gasteiger charge is 2.52. The summed E-state index contributed by atoms with van der Waals surface area (Å²) < 4.78 is 17.8. The lowest BCUT2D eigenvalue weighted by molar-refractivity contribution is 0.00578. The van der Waals surface area contributed by atoms with Crippen molar-refractivity contribution in [2.75, 3.05) is 6.54 Å². The Kier molecular flexibility index (Phi) is 6.43. The number of rotatable bonds is 4. The Morgan fingerprint density at radius 2 is 1.81 bits per heavy atom. The molecule has 0 unspecified atom stereocenters. The van der Waals surface area contributed by atoms with Crippen molar-refractivity contribution in [3.63, 3.8) is 0 Å². The molecular weight excluding hydrogens is 415 g/mol. The van der Waals surface area contributed by atoms with Crippen molar-refractivity contribution in [2.24, 2.45) is 0 Å². The molecule has 1 aliphatic rings. The van der Waals surface area contributed by atoms with E-state index in [2.05, 4.69) is 10.3 Å². The van der Waals surface area contributed by atoms with Crippen LogP contribution in [0.3, 0.4) is 0 Å². The van der Waals surface area contributed by atoms with E-state index in [4.69, 9.17) is 25.6 Å². The van der Waals surface area contributed by atoms with E-state index in [1.807, 2.05) is 78.8 Å². The number of pyridine rings is 1. The Morgan fingerprint density at radius 1 is 1.16 bits per heavy atom. The summed E-state index contributed by atoms with van der Waals surface area (Å²) in [5.41, 5.74) is 0.969. The Hall–Kier alpha value is -2.09. The molecule has 166 valence electrons. The number of amides is 1. The van der Waals surface area contributed by atoms with Crippen LogP contribution in [0.5, 0.6) is 0 Å². The number of hydrogen-bond donors (Lipinski definition) is 1. The van der Waals surface area contributed by atoms with Crippen molar-refractivity contribution in [1.82, 2.24) is 10.3 Å². The molecule has 0 atom stereocenters. The summed E-state index contributed by atoms with van der Waals surface area (Å²) in [5, 5.41) is 4.23. The average Bonchev–Trinajstić information content (AvgIpc) is 2.84. The van der Waals surface area contributed by atoms with Crippen LogP contribution in [0.1, 0.15) is 54.0 Å². The molecular formula is C23H30BClN2O4. The largest absolute Gasteiger partial charge is 0.492 e. The number of aromatic nitrogens is 1. The zero-order valence-electron chi connectivity index (χ0n) is 19.2. The molecule has 1 N–H and O–H groups in total. The second-order valence-electron chi connectivity index (χ2n) is 9.75. The minimum absolute atomic E-state index is 0.225. The molecule has 1 saturated heterocycles. The Labute approximate surface area is 189 Å². The Balaban J connectivity index is 1.90. The molecule has 1 amide bonds. The number of carbonyl (C=O) groups is 1. The van der Waals surface area contributed by atoms with Gasteiger partial charge in [0.05, 0.1) is 16.7 Å². The quantitative estimate of drug-likeness (QED) is 0.503. The van der Waals surface area contributed by atoms with Gasteiger partial charge < -0.3 is 19.4 Å². The van der Waals surface area contributed by atoms with Crippen molar-refractivity contribution in [3.05, 3.63) is 46.5 Å². The molecule has 1 aromatic carbocycles. The highest BCUT2D eigenvalue weighted by Crippen LogP contribution is 2.38. The number of fused-ring (bicyclic) bond motifs is 1. The second kappa shape index (κ2) is 8.45. The maximum atomic E-state index is 12.2. The fourth-order valence-electron chi connectivity index (χ4n) is 3.11. The summed E-state index contributed by atoms with van der Waals surface area (Å²) in [4.78, 5) is 16.6. The highest BCUT2D eigenvalue weighted by molar-refractivity contribution is 6.56. The molecule has 0 bridgehead atoms. The van der Waals surface area contributed by atoms with E-state index in [1.54, 1.807) is 6.07 Å². The molecule has 0 saturated carbocycles. The molecule has 31 heavy (non-hydrogen) atoms. The first-order valence-electron chi connectivity index (χ1n) is 10.4. The van der Waals surface area contributed by atoms with Gasteiger partial charge in [-0.2, -0.15) is 0 Å². The van der Waals surface area contributed by atoms with Crippen LogP contribution in [0.2, 0.25) is 5.15 Å². The van der Waals surface area contributed by atoms with Crippen LogP contribution in [-0.2, 0) is 14.0 Å². The van der Waals surface area contributed by atoms with Gasteiger partial charge in [-0.1, -0.05) is 23.7 Å². The molecule has 1 fully saturated rings. The molecule has 0 aliphatic carbocycles. The summed E-state index contributed by atoms with van der Waals surface area (Å²) in [6.45, 7) is 13.7. The number of halogens is 1. The van der Waals surface area contributed by atoms with Gasteiger partial charge in [-0.05, 0) is 83.8 Å². The van der Waals surface area contributed by atoms with Crippen molar-refractivity contribution >= 4 is 41.8 Å². The molecule has 1 aliphatic heterocycles. The zero-order valence-corrected chi connectivity index (χ0v) is 20.0. The maximum Gasteiger partial charge on any atom is 0.492 e. The van der Waals surface area contributed by atoms with Gasteiger partial charge in [-0.15, -0.1) is 0 Å². The monoisotopic (exact) mass is 444 g/mol. The third kappa shape index (κ3) is 5.79. The predicted octanol–water partition coefficient (Wildman–Crippen LogP) is 5.43. The molecule has 2 heterocycles. The van der Waals surface area contributed by atoms with Crippen LogP contribution >= 0.6 is 11.6 Å². The standard InChI is InChI=1S/C23H30BClN2O4/c1-21(2,3)29-20(28)26-14-17(24-30-22(4,5)23(6,7)31-24)13-15-8-10-18-16(12-15)9-11-19(25)27-18/h8-13H,14H2,1-7H3,(H,26,28). The van der Waals surface area contributed by atoms with Crippen molar-refractivity contribution in [2.45, 2.75) is 65.3 Å². The van der Waals surface area contributed by atoms with E-state index in [1.165, 1.54) is 0 Å². The lowest BCUT2D eigenvalue weighted by atomic mass is 9.77. The van der Waals surface area contributed by atoms with E-state index in [0.29, 0.717) is 5.15 Å². The SMILES string of the molecule is CC(C)(C)OC(=O)NCC(=Cc1ccc2nc(Cl)ccc2c1)B1OC(C)(C)C(C)(C)O1. The fraction of sp³-hybridized carbons (Fsp3) is 0.478. The van der Waals surface area contributed by atoms with Gasteiger partial charge in [0.1, 0.15) is 10.8 Å². The molecule has 2 aromatic rings. The van der Waals surface area contributed by atoms with Crippen LogP contribution in [0.25, 0.3) is 17.0 Å². The van der Waals surface area contributed by atoms with Crippen molar-refractivity contribution in [3.8, 4) is 0 Å². The fourth-order valence-corrected chi connectivity index (χ4v) is 3.26. The average molecular weight is 445 g/mol. The number of nitrogens with one attached hydrogen (secondary N) is 1. The third-order valence-corrected chi connectivity index (χ3v) is 5.63. The van der Waals surface area contributed by atoms with E-state index in [-0.39, 0.29) is 6.54 Å². The van der Waals surface area contributed by atoms with Gasteiger partial charge in [0.15, 0.2) is 0 Å². The van der Waals surface area contributed by atoms with Crippen LogP contribution in [0, 0.1) is 0 Å². The third-order valence-electron chi connectivity index (χ3n) is 5.42. The Morgan fingerprint density at radius 3 is 2.42 bits per heavy atom. The number of benzene rings is 1. The van der Waals surface area contributed by atoms with Gasteiger partial charge >= 0.3 is 13.2 Å². The van der Waals surface area contributed by atoms with E-state index in [9.17, 15) is 4.79 Å². The van der Waals surface area contributed by atoms with Gasteiger partial charge in [0.25, 0.3) is 0 Å². The number of carbonyl (C=O) groups excluding carboxylic acids is 1. The molecule has 0 spiro atoms. The zero-order chi connectivity index (χ0) is 23.0. The summed E-state index contributed by atoms with van der Waals surface area (Å²) in [6.07, 6.45) is 1.47. The first kappa shape index (κ1) is 23.6. The van der Waals surface area contributed by atoms with Crippen LogP contribution < -0.4 is 5.32 Å². The molecule has 1 aromatic heterocycles. The van der Waals surface area contributed by atoms with Gasteiger partial charge in [0, 0.05) is 11.9 Å². The molecule has 3 rings (SSSR count). The normalized spacial score (nSPS) is 18.3. The number of ether oxygens (including phenoxy) is 1. The molecule has 8 heteroatoms. The number of nitrogens with zero attached hydrogens (tertiary/aromatic N) is 1. The van der Waals surface area contributed by atoms with E-state index >= 15 is 0 Å². The smallest absolute Gasteiger partial charge is 0.444 e. The highest BCUT2D eigenvalue weighted by atomic mass is 35.5. The first-order valence-corrected chi connectivity index (χ1v) is 10.7. The lowest BCUT2D eigenvalue weighted by Gasteiger charge is -2.32. The summed E-state index contributed by atoms with van der Waals surface area (Å²) in [6, 6.07) is 9.56. The van der Waals surface area contributed by atoms with E-state index in [0.717, 1.165) is 21.9 Å². The van der Waals surface area contributed by atoms with Crippen molar-refractivity contribution in [1.29, 1.82) is 0 Å².